The summed E-state index contributed by atoms with van der Waals surface area (Å²) in [6.45, 7) is 3.06. The Morgan fingerprint density at radius 2 is 2.33 bits per heavy atom. The van der Waals surface area contributed by atoms with E-state index in [1.807, 2.05) is 0 Å². The zero-order valence-corrected chi connectivity index (χ0v) is 11.2. The largest absolute Gasteiger partial charge is 0.300 e. The Balaban J connectivity index is 2.08. The Morgan fingerprint density at radius 1 is 1.56 bits per heavy atom. The van der Waals surface area contributed by atoms with Gasteiger partial charge in [0.15, 0.2) is 0 Å². The maximum atomic E-state index is 13.7. The fourth-order valence-corrected chi connectivity index (χ4v) is 2.74. The Morgan fingerprint density at radius 3 is 3.06 bits per heavy atom. The number of nitrogens with zero attached hydrogens (tertiary/aromatic N) is 1. The number of carbonyl (C=O) groups excluding carboxylic acids is 1. The van der Waals surface area contributed by atoms with E-state index in [2.05, 4.69) is 4.90 Å². The molecule has 1 aliphatic heterocycles. The first kappa shape index (κ1) is 13.5. The number of carbonyl (C=O) groups is 1. The number of likely N-dealkylation sites (tertiary alicyclic amines) is 1. The van der Waals surface area contributed by atoms with Crippen LogP contribution in [0.3, 0.4) is 0 Å². The first-order valence-corrected chi connectivity index (χ1v) is 6.61. The van der Waals surface area contributed by atoms with Gasteiger partial charge in [0.1, 0.15) is 11.6 Å². The summed E-state index contributed by atoms with van der Waals surface area (Å²) in [7, 11) is 0. The van der Waals surface area contributed by atoms with Gasteiger partial charge >= 0.3 is 0 Å². The van der Waals surface area contributed by atoms with Gasteiger partial charge in [-0.3, -0.25) is 9.69 Å². The molecule has 0 aromatic heterocycles. The van der Waals surface area contributed by atoms with E-state index in [1.54, 1.807) is 19.1 Å². The molecule has 1 aromatic carbocycles. The number of benzene rings is 1. The standard InChI is InChI=1S/C14H17ClFNO/c1-10(18)7-13-3-2-6-17(13)9-11-8-12(15)4-5-14(11)16/h4-5,8,13H,2-3,6-7,9H2,1H3. The lowest BCUT2D eigenvalue weighted by molar-refractivity contribution is -0.118. The normalized spacial score (nSPS) is 20.3. The highest BCUT2D eigenvalue weighted by molar-refractivity contribution is 6.30. The molecule has 0 saturated carbocycles. The minimum Gasteiger partial charge on any atom is -0.300 e. The van der Waals surface area contributed by atoms with Gasteiger partial charge in [0.25, 0.3) is 0 Å². The minimum atomic E-state index is -0.229. The van der Waals surface area contributed by atoms with Gasteiger partial charge in [-0.15, -0.1) is 0 Å². The summed E-state index contributed by atoms with van der Waals surface area (Å²) in [6.07, 6.45) is 2.64. The summed E-state index contributed by atoms with van der Waals surface area (Å²) < 4.78 is 13.7. The maximum absolute atomic E-state index is 13.7. The molecule has 0 N–H and O–H groups in total. The van der Waals surface area contributed by atoms with E-state index < -0.39 is 0 Å². The molecule has 1 atom stereocenters. The average Bonchev–Trinajstić information content (AvgIpc) is 2.70. The molecule has 4 heteroatoms. The number of hydrogen-bond acceptors (Lipinski definition) is 2. The lowest BCUT2D eigenvalue weighted by Crippen LogP contribution is -2.30. The maximum Gasteiger partial charge on any atom is 0.131 e. The third-order valence-corrected chi connectivity index (χ3v) is 3.64. The van der Waals surface area contributed by atoms with Gasteiger partial charge in [0.2, 0.25) is 0 Å². The number of halogens is 2. The van der Waals surface area contributed by atoms with Crippen molar-refractivity contribution in [1.29, 1.82) is 0 Å². The van der Waals surface area contributed by atoms with Crippen LogP contribution in [0.25, 0.3) is 0 Å². The van der Waals surface area contributed by atoms with Crippen molar-refractivity contribution < 1.29 is 9.18 Å². The van der Waals surface area contributed by atoms with Crippen LogP contribution in [-0.2, 0) is 11.3 Å². The third-order valence-electron chi connectivity index (χ3n) is 3.40. The second kappa shape index (κ2) is 5.81. The Labute approximate surface area is 112 Å². The van der Waals surface area contributed by atoms with Gasteiger partial charge in [-0.25, -0.2) is 4.39 Å². The van der Waals surface area contributed by atoms with E-state index in [-0.39, 0.29) is 17.6 Å². The molecular formula is C14H17ClFNO. The van der Waals surface area contributed by atoms with Crippen molar-refractivity contribution in [1.82, 2.24) is 4.90 Å². The summed E-state index contributed by atoms with van der Waals surface area (Å²) in [5, 5.41) is 0.550. The lowest BCUT2D eigenvalue weighted by atomic mass is 10.1. The lowest BCUT2D eigenvalue weighted by Gasteiger charge is -2.23. The van der Waals surface area contributed by atoms with Crippen molar-refractivity contribution >= 4 is 17.4 Å². The topological polar surface area (TPSA) is 20.3 Å². The van der Waals surface area contributed by atoms with Crippen LogP contribution in [0.15, 0.2) is 18.2 Å². The van der Waals surface area contributed by atoms with Gasteiger partial charge in [0, 0.05) is 29.6 Å². The number of rotatable bonds is 4. The van der Waals surface area contributed by atoms with Gasteiger partial charge in [-0.2, -0.15) is 0 Å². The van der Waals surface area contributed by atoms with Gasteiger partial charge in [-0.05, 0) is 44.5 Å². The van der Waals surface area contributed by atoms with Gasteiger partial charge in [0.05, 0.1) is 0 Å². The van der Waals surface area contributed by atoms with E-state index in [9.17, 15) is 9.18 Å². The van der Waals surface area contributed by atoms with Crippen LogP contribution in [0.5, 0.6) is 0 Å². The third kappa shape index (κ3) is 3.30. The molecule has 0 bridgehead atoms. The monoisotopic (exact) mass is 269 g/mol. The van der Waals surface area contributed by atoms with Crippen molar-refractivity contribution in [3.05, 3.63) is 34.6 Å². The van der Waals surface area contributed by atoms with Crippen LogP contribution in [0.2, 0.25) is 5.02 Å². The molecule has 0 radical (unpaired) electrons. The Kier molecular flexibility index (Phi) is 4.36. The smallest absolute Gasteiger partial charge is 0.131 e. The van der Waals surface area contributed by atoms with E-state index in [1.165, 1.54) is 6.07 Å². The van der Waals surface area contributed by atoms with Crippen LogP contribution in [0.4, 0.5) is 4.39 Å². The molecule has 2 nitrogen and oxygen atoms in total. The average molecular weight is 270 g/mol. The second-order valence-electron chi connectivity index (χ2n) is 4.91. The molecular weight excluding hydrogens is 253 g/mol. The van der Waals surface area contributed by atoms with Crippen molar-refractivity contribution in [2.75, 3.05) is 6.54 Å². The number of Topliss-reactive ketones (excluding diaryl/α,β-unsaturated/α-hetero) is 1. The predicted molar refractivity (Wildman–Crippen MR) is 70.1 cm³/mol. The zero-order valence-electron chi connectivity index (χ0n) is 10.5. The van der Waals surface area contributed by atoms with Gasteiger partial charge < -0.3 is 0 Å². The number of hydrogen-bond donors (Lipinski definition) is 0. The molecule has 0 amide bonds. The Bertz CT molecular complexity index is 449. The van der Waals surface area contributed by atoms with E-state index >= 15 is 0 Å². The number of ketones is 1. The molecule has 1 aromatic rings. The van der Waals surface area contributed by atoms with Crippen molar-refractivity contribution in [2.24, 2.45) is 0 Å². The molecule has 1 fully saturated rings. The highest BCUT2D eigenvalue weighted by Gasteiger charge is 2.26. The van der Waals surface area contributed by atoms with Crippen molar-refractivity contribution in [3.63, 3.8) is 0 Å². The molecule has 0 aliphatic carbocycles. The van der Waals surface area contributed by atoms with Crippen LogP contribution < -0.4 is 0 Å². The molecule has 1 aliphatic rings. The van der Waals surface area contributed by atoms with E-state index in [4.69, 9.17) is 11.6 Å². The molecule has 98 valence electrons. The van der Waals surface area contributed by atoms with Crippen LogP contribution in [-0.4, -0.2) is 23.3 Å². The highest BCUT2D eigenvalue weighted by atomic mass is 35.5. The fraction of sp³-hybridized carbons (Fsp3) is 0.500. The second-order valence-corrected chi connectivity index (χ2v) is 5.34. The van der Waals surface area contributed by atoms with E-state index in [0.29, 0.717) is 23.6 Å². The first-order chi connectivity index (χ1) is 8.56. The minimum absolute atomic E-state index is 0.193. The van der Waals surface area contributed by atoms with Gasteiger partial charge in [-0.1, -0.05) is 11.6 Å². The summed E-state index contributed by atoms with van der Waals surface area (Å²) in [5.74, 6) is -0.0358. The summed E-state index contributed by atoms with van der Waals surface area (Å²) in [6, 6.07) is 4.87. The van der Waals surface area contributed by atoms with Crippen LogP contribution in [0.1, 0.15) is 31.7 Å². The van der Waals surface area contributed by atoms with Crippen LogP contribution in [0, 0.1) is 5.82 Å². The summed E-state index contributed by atoms with van der Waals surface area (Å²) in [4.78, 5) is 13.4. The summed E-state index contributed by atoms with van der Waals surface area (Å²) >= 11 is 5.88. The predicted octanol–water partition coefficient (Wildman–Crippen LogP) is 3.42. The Hall–Kier alpha value is -0.930. The molecule has 2 rings (SSSR count). The van der Waals surface area contributed by atoms with Crippen molar-refractivity contribution in [2.45, 2.75) is 38.8 Å². The quantitative estimate of drug-likeness (QED) is 0.835. The molecule has 1 heterocycles. The highest BCUT2D eigenvalue weighted by Crippen LogP contribution is 2.24. The molecule has 1 unspecified atom stereocenters. The molecule has 18 heavy (non-hydrogen) atoms. The molecule has 1 saturated heterocycles. The van der Waals surface area contributed by atoms with Crippen molar-refractivity contribution in [3.8, 4) is 0 Å². The fourth-order valence-electron chi connectivity index (χ4n) is 2.55. The molecule has 0 spiro atoms. The van der Waals surface area contributed by atoms with Crippen LogP contribution >= 0.6 is 11.6 Å². The first-order valence-electron chi connectivity index (χ1n) is 6.23. The summed E-state index contributed by atoms with van der Waals surface area (Å²) in [5.41, 5.74) is 0.609. The van der Waals surface area contributed by atoms with E-state index in [0.717, 1.165) is 19.4 Å². The zero-order chi connectivity index (χ0) is 13.1. The SMILES string of the molecule is CC(=O)CC1CCCN1Cc1cc(Cl)ccc1F.